The Balaban J connectivity index is 2.31. The number of hydrogen-bond acceptors (Lipinski definition) is 2. The fourth-order valence-corrected chi connectivity index (χ4v) is 2.97. The Hall–Kier alpha value is -1.03. The fraction of sp³-hybridized carbons (Fsp3) is 0.294. The molecule has 2 aromatic rings. The second kappa shape index (κ2) is 7.83. The number of hydrogen-bond donors (Lipinski definition) is 1. The molecule has 2 rings (SSSR count). The lowest BCUT2D eigenvalue weighted by Crippen LogP contribution is -2.20. The van der Waals surface area contributed by atoms with E-state index in [-0.39, 0.29) is 6.04 Å². The average Bonchev–Trinajstić information content (AvgIpc) is 2.48. The summed E-state index contributed by atoms with van der Waals surface area (Å²) in [6.07, 6.45) is 1.00. The summed E-state index contributed by atoms with van der Waals surface area (Å²) < 4.78 is 6.97. The third-order valence-corrected chi connectivity index (χ3v) is 4.06. The van der Waals surface area contributed by atoms with Gasteiger partial charge in [-0.05, 0) is 37.2 Å². The van der Waals surface area contributed by atoms with Gasteiger partial charge in [0.05, 0.1) is 5.02 Å². The molecule has 1 atom stereocenters. The van der Waals surface area contributed by atoms with Crippen molar-refractivity contribution in [1.29, 1.82) is 0 Å². The monoisotopic (exact) mass is 367 g/mol. The Kier molecular flexibility index (Phi) is 6.09. The van der Waals surface area contributed by atoms with Crippen molar-refractivity contribution in [3.8, 4) is 11.5 Å². The predicted molar refractivity (Wildman–Crippen MR) is 92.4 cm³/mol. The number of rotatable bonds is 6. The molecule has 1 N–H and O–H groups in total. The molecule has 0 aromatic heterocycles. The molecule has 0 saturated carbocycles. The standard InChI is InChI=1S/C17H19BrClNO/c1-3-15(20-4-2)13-7-5-6-8-16(13)21-17-10-9-12(18)11-14(17)19/h5-11,15,20H,3-4H2,1-2H3. The second-order valence-corrected chi connectivity index (χ2v) is 6.06. The van der Waals surface area contributed by atoms with Crippen LogP contribution in [0.5, 0.6) is 11.5 Å². The lowest BCUT2D eigenvalue weighted by Gasteiger charge is -2.20. The van der Waals surface area contributed by atoms with Crippen LogP contribution in [-0.4, -0.2) is 6.54 Å². The van der Waals surface area contributed by atoms with E-state index in [9.17, 15) is 0 Å². The van der Waals surface area contributed by atoms with Gasteiger partial charge < -0.3 is 10.1 Å². The van der Waals surface area contributed by atoms with E-state index in [4.69, 9.17) is 16.3 Å². The quantitative estimate of drug-likeness (QED) is 0.679. The van der Waals surface area contributed by atoms with Gasteiger partial charge in [0.25, 0.3) is 0 Å². The Morgan fingerprint density at radius 2 is 1.90 bits per heavy atom. The third kappa shape index (κ3) is 4.22. The van der Waals surface area contributed by atoms with E-state index in [1.54, 1.807) is 0 Å². The molecule has 0 bridgehead atoms. The van der Waals surface area contributed by atoms with Crippen molar-refractivity contribution in [3.05, 3.63) is 57.5 Å². The molecule has 4 heteroatoms. The summed E-state index contributed by atoms with van der Waals surface area (Å²) in [6.45, 7) is 5.19. The Morgan fingerprint density at radius 3 is 2.57 bits per heavy atom. The first-order valence-corrected chi connectivity index (χ1v) is 8.28. The van der Waals surface area contributed by atoms with Gasteiger partial charge in [0.2, 0.25) is 0 Å². The summed E-state index contributed by atoms with van der Waals surface area (Å²) in [5.74, 6) is 1.51. The van der Waals surface area contributed by atoms with Crippen LogP contribution in [-0.2, 0) is 0 Å². The van der Waals surface area contributed by atoms with Gasteiger partial charge in [-0.2, -0.15) is 0 Å². The molecule has 21 heavy (non-hydrogen) atoms. The Bertz CT molecular complexity index is 603. The van der Waals surface area contributed by atoms with Crippen molar-refractivity contribution >= 4 is 27.5 Å². The molecule has 0 aliphatic rings. The molecule has 0 amide bonds. The van der Waals surface area contributed by atoms with Gasteiger partial charge in [0.15, 0.2) is 0 Å². The van der Waals surface area contributed by atoms with E-state index in [1.165, 1.54) is 0 Å². The van der Waals surface area contributed by atoms with Gasteiger partial charge >= 0.3 is 0 Å². The lowest BCUT2D eigenvalue weighted by molar-refractivity contribution is 0.453. The van der Waals surface area contributed by atoms with Crippen LogP contribution in [0.25, 0.3) is 0 Å². The normalized spacial score (nSPS) is 12.2. The molecule has 2 aromatic carbocycles. The topological polar surface area (TPSA) is 21.3 Å². The zero-order valence-corrected chi connectivity index (χ0v) is 14.5. The first-order chi connectivity index (χ1) is 10.2. The molecular weight excluding hydrogens is 350 g/mol. The summed E-state index contributed by atoms with van der Waals surface area (Å²) in [7, 11) is 0. The first kappa shape index (κ1) is 16.3. The maximum absolute atomic E-state index is 6.24. The molecule has 0 radical (unpaired) electrons. The van der Waals surface area contributed by atoms with Crippen LogP contribution in [0, 0.1) is 0 Å². The highest BCUT2D eigenvalue weighted by atomic mass is 79.9. The van der Waals surface area contributed by atoms with Crippen molar-refractivity contribution in [1.82, 2.24) is 5.32 Å². The molecule has 0 aliphatic heterocycles. The van der Waals surface area contributed by atoms with Crippen molar-refractivity contribution in [2.24, 2.45) is 0 Å². The lowest BCUT2D eigenvalue weighted by atomic mass is 10.0. The average molecular weight is 369 g/mol. The molecule has 0 saturated heterocycles. The van der Waals surface area contributed by atoms with Crippen LogP contribution in [0.2, 0.25) is 5.02 Å². The van der Waals surface area contributed by atoms with E-state index < -0.39 is 0 Å². The minimum absolute atomic E-state index is 0.278. The molecule has 2 nitrogen and oxygen atoms in total. The molecular formula is C17H19BrClNO. The van der Waals surface area contributed by atoms with Gasteiger partial charge in [-0.3, -0.25) is 0 Å². The highest BCUT2D eigenvalue weighted by Crippen LogP contribution is 2.35. The highest BCUT2D eigenvalue weighted by Gasteiger charge is 2.14. The van der Waals surface area contributed by atoms with E-state index in [2.05, 4.69) is 41.2 Å². The van der Waals surface area contributed by atoms with Crippen LogP contribution in [0.1, 0.15) is 31.9 Å². The van der Waals surface area contributed by atoms with Crippen molar-refractivity contribution < 1.29 is 4.74 Å². The first-order valence-electron chi connectivity index (χ1n) is 7.10. The highest BCUT2D eigenvalue weighted by molar-refractivity contribution is 9.10. The number of ether oxygens (including phenoxy) is 1. The van der Waals surface area contributed by atoms with Gasteiger partial charge in [-0.15, -0.1) is 0 Å². The van der Waals surface area contributed by atoms with Gasteiger partial charge in [-0.25, -0.2) is 0 Å². The number of benzene rings is 2. The zero-order chi connectivity index (χ0) is 15.2. The van der Waals surface area contributed by atoms with E-state index in [0.29, 0.717) is 10.8 Å². The molecule has 112 valence electrons. The molecule has 0 fully saturated rings. The third-order valence-electron chi connectivity index (χ3n) is 3.27. The van der Waals surface area contributed by atoms with Gasteiger partial charge in [0, 0.05) is 16.1 Å². The van der Waals surface area contributed by atoms with E-state index in [0.717, 1.165) is 28.8 Å². The summed E-state index contributed by atoms with van der Waals surface area (Å²) >= 11 is 9.64. The minimum Gasteiger partial charge on any atom is -0.455 e. The Morgan fingerprint density at radius 1 is 1.14 bits per heavy atom. The van der Waals surface area contributed by atoms with Crippen LogP contribution < -0.4 is 10.1 Å². The Labute approximate surface area is 139 Å². The largest absolute Gasteiger partial charge is 0.455 e. The van der Waals surface area contributed by atoms with Crippen LogP contribution in [0.3, 0.4) is 0 Å². The minimum atomic E-state index is 0.278. The number of para-hydroxylation sites is 1. The van der Waals surface area contributed by atoms with Crippen LogP contribution in [0.4, 0.5) is 0 Å². The predicted octanol–water partition coefficient (Wildman–Crippen LogP) is 5.96. The van der Waals surface area contributed by atoms with Crippen LogP contribution in [0.15, 0.2) is 46.9 Å². The number of nitrogens with one attached hydrogen (secondary N) is 1. The fourth-order valence-electron chi connectivity index (χ4n) is 2.26. The summed E-state index contributed by atoms with van der Waals surface area (Å²) in [6, 6.07) is 14.0. The SMILES string of the molecule is CCNC(CC)c1ccccc1Oc1ccc(Br)cc1Cl. The maximum atomic E-state index is 6.24. The van der Waals surface area contributed by atoms with Crippen LogP contribution >= 0.6 is 27.5 Å². The summed E-state index contributed by atoms with van der Waals surface area (Å²) in [5.41, 5.74) is 1.15. The van der Waals surface area contributed by atoms with E-state index >= 15 is 0 Å². The van der Waals surface area contributed by atoms with Crippen molar-refractivity contribution in [2.45, 2.75) is 26.3 Å². The van der Waals surface area contributed by atoms with Crippen molar-refractivity contribution in [3.63, 3.8) is 0 Å². The molecule has 1 unspecified atom stereocenters. The second-order valence-electron chi connectivity index (χ2n) is 4.73. The van der Waals surface area contributed by atoms with Crippen molar-refractivity contribution in [2.75, 3.05) is 6.54 Å². The maximum Gasteiger partial charge on any atom is 0.146 e. The van der Waals surface area contributed by atoms with Gasteiger partial charge in [0.1, 0.15) is 11.5 Å². The molecule has 0 spiro atoms. The van der Waals surface area contributed by atoms with Gasteiger partial charge in [-0.1, -0.05) is 59.6 Å². The molecule has 0 heterocycles. The summed E-state index contributed by atoms with van der Waals surface area (Å²) in [4.78, 5) is 0. The zero-order valence-electron chi connectivity index (χ0n) is 12.2. The number of halogens is 2. The van der Waals surface area contributed by atoms with E-state index in [1.807, 2.05) is 36.4 Å². The smallest absolute Gasteiger partial charge is 0.146 e. The molecule has 0 aliphatic carbocycles. The summed E-state index contributed by atoms with van der Waals surface area (Å²) in [5, 5.41) is 4.07.